The van der Waals surface area contributed by atoms with Crippen molar-refractivity contribution in [1.29, 1.82) is 0 Å². The van der Waals surface area contributed by atoms with E-state index >= 15 is 0 Å². The summed E-state index contributed by atoms with van der Waals surface area (Å²) in [5.74, 6) is 1.20. The van der Waals surface area contributed by atoms with Gasteiger partial charge in [0.15, 0.2) is 11.5 Å². The third kappa shape index (κ3) is 8.84. The van der Waals surface area contributed by atoms with Crippen molar-refractivity contribution < 1.29 is 23.8 Å². The Kier molecular flexibility index (Phi) is 8.98. The van der Waals surface area contributed by atoms with Crippen molar-refractivity contribution in [3.63, 3.8) is 0 Å². The number of nitrogens with one attached hydrogen (secondary N) is 3. The van der Waals surface area contributed by atoms with Gasteiger partial charge >= 0.3 is 12.1 Å². The van der Waals surface area contributed by atoms with Gasteiger partial charge in [0, 0.05) is 25.2 Å². The molecule has 0 saturated carbocycles. The fourth-order valence-electron chi connectivity index (χ4n) is 2.11. The molecule has 1 aromatic rings. The quantitative estimate of drug-likeness (QED) is 0.603. The van der Waals surface area contributed by atoms with E-state index in [2.05, 4.69) is 16.0 Å². The second-order valence-electron chi connectivity index (χ2n) is 6.57. The molecular formula is C19H29N3O5. The summed E-state index contributed by atoms with van der Waals surface area (Å²) in [5.41, 5.74) is 0.280. The van der Waals surface area contributed by atoms with Gasteiger partial charge in [-0.15, -0.1) is 0 Å². The zero-order chi connectivity index (χ0) is 20.3. The van der Waals surface area contributed by atoms with E-state index in [1.807, 2.05) is 12.1 Å². The first kappa shape index (κ1) is 22.1. The Labute approximate surface area is 160 Å². The van der Waals surface area contributed by atoms with Gasteiger partial charge < -0.3 is 30.2 Å². The highest BCUT2D eigenvalue weighted by molar-refractivity contribution is 5.74. The van der Waals surface area contributed by atoms with Gasteiger partial charge in [0.2, 0.25) is 0 Å². The minimum atomic E-state index is -0.529. The number of benzene rings is 1. The highest BCUT2D eigenvalue weighted by atomic mass is 16.6. The molecule has 3 N–H and O–H groups in total. The summed E-state index contributed by atoms with van der Waals surface area (Å²) in [6, 6.07) is 5.16. The summed E-state index contributed by atoms with van der Waals surface area (Å²) in [4.78, 5) is 23.3. The van der Waals surface area contributed by atoms with Crippen molar-refractivity contribution >= 4 is 12.1 Å². The maximum atomic E-state index is 11.9. The van der Waals surface area contributed by atoms with Crippen molar-refractivity contribution in [2.45, 2.75) is 32.9 Å². The molecule has 0 bridgehead atoms. The lowest BCUT2D eigenvalue weighted by Gasteiger charge is -2.19. The molecule has 0 saturated heterocycles. The molecule has 0 spiro atoms. The van der Waals surface area contributed by atoms with Crippen LogP contribution in [0, 0.1) is 0 Å². The minimum Gasteiger partial charge on any atom is -0.493 e. The Morgan fingerprint density at radius 3 is 2.26 bits per heavy atom. The lowest BCUT2D eigenvalue weighted by molar-refractivity contribution is 0.0534. The number of alkyl carbamates (subject to hydrolysis) is 1. The number of urea groups is 1. The Morgan fingerprint density at radius 2 is 1.67 bits per heavy atom. The van der Waals surface area contributed by atoms with Crippen LogP contribution in [-0.4, -0.2) is 45.0 Å². The van der Waals surface area contributed by atoms with E-state index in [4.69, 9.17) is 14.2 Å². The molecule has 1 aromatic carbocycles. The predicted octanol–water partition coefficient (Wildman–Crippen LogP) is 2.58. The van der Waals surface area contributed by atoms with E-state index in [1.165, 1.54) is 0 Å². The average molecular weight is 379 g/mol. The monoisotopic (exact) mass is 379 g/mol. The molecule has 1 rings (SSSR count). The van der Waals surface area contributed by atoms with Crippen LogP contribution < -0.4 is 25.4 Å². The maximum Gasteiger partial charge on any atom is 0.407 e. The van der Waals surface area contributed by atoms with Crippen LogP contribution in [0.1, 0.15) is 26.3 Å². The van der Waals surface area contributed by atoms with Gasteiger partial charge in [-0.2, -0.15) is 0 Å². The molecule has 0 atom stereocenters. The van der Waals surface area contributed by atoms with Crippen LogP contribution in [0.15, 0.2) is 30.4 Å². The Morgan fingerprint density at radius 1 is 1.00 bits per heavy atom. The highest BCUT2D eigenvalue weighted by Gasteiger charge is 2.15. The Balaban J connectivity index is 2.29. The lowest BCUT2D eigenvalue weighted by atomic mass is 10.2. The molecule has 3 amide bonds. The zero-order valence-electron chi connectivity index (χ0n) is 16.5. The summed E-state index contributed by atoms with van der Waals surface area (Å²) in [7, 11) is 3.11. The molecule has 8 nitrogen and oxygen atoms in total. The van der Waals surface area contributed by atoms with E-state index in [9.17, 15) is 9.59 Å². The molecule has 0 heterocycles. The third-order valence-corrected chi connectivity index (χ3v) is 3.23. The number of methoxy groups -OCH3 is 2. The maximum absolute atomic E-state index is 11.9. The minimum absolute atomic E-state index is 0.302. The molecule has 0 fully saturated rings. The molecule has 0 aromatic heterocycles. The standard InChI is InChI=1S/C19H29N3O5/c1-19(2,3)27-18(24)21-12-7-6-11-20-17(23)22-13-14-9-8-10-15(25-4)16(14)26-5/h6-10H,11-13H2,1-5H3,(H,21,24)(H2,20,22,23)/b7-6+. The van der Waals surface area contributed by atoms with Crippen molar-refractivity contribution in [3.05, 3.63) is 35.9 Å². The summed E-state index contributed by atoms with van der Waals surface area (Å²) in [6.07, 6.45) is 2.99. The molecule has 150 valence electrons. The first-order valence-electron chi connectivity index (χ1n) is 8.60. The SMILES string of the molecule is COc1cccc(CNC(=O)NC/C=C/CNC(=O)OC(C)(C)C)c1OC. The zero-order valence-corrected chi connectivity index (χ0v) is 16.5. The normalized spacial score (nSPS) is 11.0. The number of hydrogen-bond donors (Lipinski definition) is 3. The summed E-state index contributed by atoms with van der Waals surface area (Å²) in [5, 5.41) is 8.04. The molecule has 27 heavy (non-hydrogen) atoms. The second kappa shape index (κ2) is 10.9. The van der Waals surface area contributed by atoms with Gasteiger partial charge in [-0.3, -0.25) is 0 Å². The van der Waals surface area contributed by atoms with Crippen LogP contribution in [0.4, 0.5) is 9.59 Å². The topological polar surface area (TPSA) is 97.9 Å². The van der Waals surface area contributed by atoms with E-state index in [1.54, 1.807) is 53.2 Å². The number of carbonyl (C=O) groups excluding carboxylic acids is 2. The van der Waals surface area contributed by atoms with E-state index in [0.29, 0.717) is 31.1 Å². The molecule has 0 radical (unpaired) electrons. The van der Waals surface area contributed by atoms with Crippen LogP contribution in [-0.2, 0) is 11.3 Å². The number of hydrogen-bond acceptors (Lipinski definition) is 5. The summed E-state index contributed by atoms with van der Waals surface area (Å²) < 4.78 is 15.7. The molecule has 8 heteroatoms. The van der Waals surface area contributed by atoms with Gasteiger partial charge in [0.25, 0.3) is 0 Å². The second-order valence-corrected chi connectivity index (χ2v) is 6.57. The van der Waals surface area contributed by atoms with Crippen molar-refractivity contribution in [2.75, 3.05) is 27.3 Å². The summed E-state index contributed by atoms with van der Waals surface area (Å²) >= 11 is 0. The molecular weight excluding hydrogens is 350 g/mol. The Bertz CT molecular complexity index is 653. The molecule has 0 aliphatic rings. The van der Waals surface area contributed by atoms with Crippen molar-refractivity contribution in [1.82, 2.24) is 16.0 Å². The smallest absolute Gasteiger partial charge is 0.407 e. The first-order chi connectivity index (χ1) is 12.8. The largest absolute Gasteiger partial charge is 0.493 e. The number of rotatable bonds is 8. The van der Waals surface area contributed by atoms with Gasteiger partial charge in [-0.1, -0.05) is 24.3 Å². The van der Waals surface area contributed by atoms with E-state index in [-0.39, 0.29) is 6.03 Å². The van der Waals surface area contributed by atoms with Gasteiger partial charge in [-0.05, 0) is 26.8 Å². The molecule has 0 aliphatic heterocycles. The van der Waals surface area contributed by atoms with Gasteiger partial charge in [0.05, 0.1) is 14.2 Å². The van der Waals surface area contributed by atoms with Gasteiger partial charge in [0.1, 0.15) is 5.60 Å². The number of amides is 3. The van der Waals surface area contributed by atoms with E-state index in [0.717, 1.165) is 5.56 Å². The van der Waals surface area contributed by atoms with Crippen molar-refractivity contribution in [2.24, 2.45) is 0 Å². The van der Waals surface area contributed by atoms with Crippen LogP contribution in [0.3, 0.4) is 0 Å². The number of ether oxygens (including phenoxy) is 3. The predicted molar refractivity (Wildman–Crippen MR) is 103 cm³/mol. The average Bonchev–Trinajstić information content (AvgIpc) is 2.60. The fraction of sp³-hybridized carbons (Fsp3) is 0.474. The number of para-hydroxylation sites is 1. The summed E-state index contributed by atoms with van der Waals surface area (Å²) in [6.45, 7) is 6.34. The Hall–Kier alpha value is -2.90. The lowest BCUT2D eigenvalue weighted by Crippen LogP contribution is -2.35. The van der Waals surface area contributed by atoms with Gasteiger partial charge in [-0.25, -0.2) is 9.59 Å². The van der Waals surface area contributed by atoms with Crippen LogP contribution in [0.2, 0.25) is 0 Å². The van der Waals surface area contributed by atoms with Crippen LogP contribution >= 0.6 is 0 Å². The number of carbonyl (C=O) groups is 2. The van der Waals surface area contributed by atoms with E-state index < -0.39 is 11.7 Å². The highest BCUT2D eigenvalue weighted by Crippen LogP contribution is 2.30. The molecule has 0 unspecified atom stereocenters. The van der Waals surface area contributed by atoms with Crippen LogP contribution in [0.5, 0.6) is 11.5 Å². The van der Waals surface area contributed by atoms with Crippen molar-refractivity contribution in [3.8, 4) is 11.5 Å². The molecule has 0 aliphatic carbocycles. The third-order valence-electron chi connectivity index (χ3n) is 3.23. The first-order valence-corrected chi connectivity index (χ1v) is 8.60. The fourth-order valence-corrected chi connectivity index (χ4v) is 2.11. The van der Waals surface area contributed by atoms with Crippen LogP contribution in [0.25, 0.3) is 0 Å².